The lowest BCUT2D eigenvalue weighted by Crippen LogP contribution is -1.97. The minimum atomic E-state index is 0.665. The van der Waals surface area contributed by atoms with Crippen LogP contribution in [0.4, 0.5) is 5.69 Å². The number of ether oxygens (including phenoxy) is 1. The fraction of sp³-hybridized carbons (Fsp3) is 0.364. The lowest BCUT2D eigenvalue weighted by Gasteiger charge is -2.01. The van der Waals surface area contributed by atoms with Crippen LogP contribution in [0.5, 0.6) is 0 Å². The Hall–Kier alpha value is -0.960. The number of rotatable bonds is 3. The summed E-state index contributed by atoms with van der Waals surface area (Å²) in [4.78, 5) is 5.56. The Morgan fingerprint density at radius 3 is 2.50 bits per heavy atom. The van der Waals surface area contributed by atoms with Crippen LogP contribution in [0.1, 0.15) is 13.8 Å². The molecule has 0 fully saturated rings. The second kappa shape index (κ2) is 5.70. The van der Waals surface area contributed by atoms with Crippen LogP contribution in [0.25, 0.3) is 0 Å². The Kier molecular flexibility index (Phi) is 4.53. The van der Waals surface area contributed by atoms with E-state index in [0.717, 1.165) is 5.69 Å². The van der Waals surface area contributed by atoms with Crippen molar-refractivity contribution in [2.45, 2.75) is 18.7 Å². The standard InChI is InChI=1S/C11H15NOS/c1-4-13-9(2)12-10-5-7-11(14-3)8-6-10/h5-8H,4H2,1-3H3. The molecule has 0 atom stereocenters. The Labute approximate surface area is 89.4 Å². The molecule has 0 aromatic heterocycles. The van der Waals surface area contributed by atoms with Crippen LogP contribution in [0.15, 0.2) is 34.2 Å². The second-order valence-electron chi connectivity index (χ2n) is 2.76. The summed E-state index contributed by atoms with van der Waals surface area (Å²) in [6.45, 7) is 4.49. The van der Waals surface area contributed by atoms with E-state index in [-0.39, 0.29) is 0 Å². The molecule has 0 amide bonds. The highest BCUT2D eigenvalue weighted by Crippen LogP contribution is 2.19. The van der Waals surface area contributed by atoms with E-state index in [4.69, 9.17) is 4.74 Å². The molecule has 0 aliphatic rings. The largest absolute Gasteiger partial charge is 0.481 e. The molecule has 0 unspecified atom stereocenters. The fourth-order valence-corrected chi connectivity index (χ4v) is 1.49. The normalized spacial score (nSPS) is 11.5. The smallest absolute Gasteiger partial charge is 0.185 e. The summed E-state index contributed by atoms with van der Waals surface area (Å²) >= 11 is 1.73. The van der Waals surface area contributed by atoms with E-state index in [1.54, 1.807) is 11.8 Å². The molecule has 0 saturated heterocycles. The summed E-state index contributed by atoms with van der Waals surface area (Å²) in [5, 5.41) is 0. The molecular weight excluding hydrogens is 194 g/mol. The van der Waals surface area contributed by atoms with Gasteiger partial charge < -0.3 is 4.74 Å². The molecule has 0 heterocycles. The van der Waals surface area contributed by atoms with Crippen molar-refractivity contribution in [2.75, 3.05) is 12.9 Å². The van der Waals surface area contributed by atoms with Crippen molar-refractivity contribution < 1.29 is 4.74 Å². The molecule has 0 aliphatic carbocycles. The topological polar surface area (TPSA) is 21.6 Å². The van der Waals surface area contributed by atoms with E-state index in [0.29, 0.717) is 12.5 Å². The molecule has 76 valence electrons. The lowest BCUT2D eigenvalue weighted by molar-refractivity contribution is 0.325. The molecule has 0 spiro atoms. The van der Waals surface area contributed by atoms with Gasteiger partial charge in [0.1, 0.15) is 0 Å². The minimum Gasteiger partial charge on any atom is -0.481 e. The first-order chi connectivity index (χ1) is 6.76. The Balaban J connectivity index is 2.72. The van der Waals surface area contributed by atoms with Gasteiger partial charge in [0.05, 0.1) is 12.3 Å². The Bertz CT molecular complexity index is 306. The van der Waals surface area contributed by atoms with Crippen LogP contribution in [0.3, 0.4) is 0 Å². The van der Waals surface area contributed by atoms with Gasteiger partial charge in [-0.1, -0.05) is 0 Å². The van der Waals surface area contributed by atoms with E-state index in [1.807, 2.05) is 26.0 Å². The number of nitrogens with zero attached hydrogens (tertiary/aromatic N) is 1. The van der Waals surface area contributed by atoms with E-state index in [1.165, 1.54) is 4.90 Å². The third-order valence-electron chi connectivity index (χ3n) is 1.71. The van der Waals surface area contributed by atoms with Crippen LogP contribution in [0, 0.1) is 0 Å². The third kappa shape index (κ3) is 3.42. The molecule has 1 aromatic carbocycles. The molecule has 0 saturated carbocycles. The average Bonchev–Trinajstić information content (AvgIpc) is 2.19. The van der Waals surface area contributed by atoms with Gasteiger partial charge in [-0.2, -0.15) is 0 Å². The molecule has 1 aromatic rings. The fourth-order valence-electron chi connectivity index (χ4n) is 1.08. The SMILES string of the molecule is CCOC(C)=Nc1ccc(SC)cc1. The highest BCUT2D eigenvalue weighted by molar-refractivity contribution is 7.98. The molecule has 1 rings (SSSR count). The van der Waals surface area contributed by atoms with Crippen LogP contribution in [-0.2, 0) is 4.74 Å². The van der Waals surface area contributed by atoms with Crippen molar-refractivity contribution in [1.82, 2.24) is 0 Å². The number of thioether (sulfide) groups is 1. The first-order valence-electron chi connectivity index (χ1n) is 4.58. The van der Waals surface area contributed by atoms with E-state index in [9.17, 15) is 0 Å². The highest BCUT2D eigenvalue weighted by Gasteiger charge is 1.93. The van der Waals surface area contributed by atoms with Gasteiger partial charge in [0, 0.05) is 11.8 Å². The Morgan fingerprint density at radius 2 is 2.00 bits per heavy atom. The molecule has 3 heteroatoms. The predicted molar refractivity (Wildman–Crippen MR) is 62.6 cm³/mol. The first kappa shape index (κ1) is 11.1. The molecule has 0 N–H and O–H groups in total. The zero-order valence-electron chi connectivity index (χ0n) is 8.78. The van der Waals surface area contributed by atoms with Gasteiger partial charge in [-0.15, -0.1) is 11.8 Å². The molecular formula is C11H15NOS. The summed E-state index contributed by atoms with van der Waals surface area (Å²) < 4.78 is 5.25. The van der Waals surface area contributed by atoms with Crippen molar-refractivity contribution in [3.05, 3.63) is 24.3 Å². The molecule has 2 nitrogen and oxygen atoms in total. The van der Waals surface area contributed by atoms with Crippen LogP contribution >= 0.6 is 11.8 Å². The summed E-state index contributed by atoms with van der Waals surface area (Å²) in [5.74, 6) is 0.712. The van der Waals surface area contributed by atoms with Crippen molar-refractivity contribution in [1.29, 1.82) is 0 Å². The maximum atomic E-state index is 5.25. The van der Waals surface area contributed by atoms with E-state index >= 15 is 0 Å². The molecule has 14 heavy (non-hydrogen) atoms. The quantitative estimate of drug-likeness (QED) is 0.432. The van der Waals surface area contributed by atoms with Crippen molar-refractivity contribution in [3.8, 4) is 0 Å². The molecule has 0 aliphatic heterocycles. The van der Waals surface area contributed by atoms with Gasteiger partial charge in [-0.05, 0) is 37.4 Å². The summed E-state index contributed by atoms with van der Waals surface area (Å²) in [6.07, 6.45) is 2.06. The average molecular weight is 209 g/mol. The van der Waals surface area contributed by atoms with E-state index in [2.05, 4.69) is 23.4 Å². The van der Waals surface area contributed by atoms with Gasteiger partial charge in [0.15, 0.2) is 5.90 Å². The van der Waals surface area contributed by atoms with Gasteiger partial charge in [-0.3, -0.25) is 0 Å². The minimum absolute atomic E-state index is 0.665. The van der Waals surface area contributed by atoms with Crippen LogP contribution in [0.2, 0.25) is 0 Å². The summed E-state index contributed by atoms with van der Waals surface area (Å²) in [7, 11) is 0. The zero-order chi connectivity index (χ0) is 10.4. The molecule has 0 radical (unpaired) electrons. The molecule has 0 bridgehead atoms. The van der Waals surface area contributed by atoms with Gasteiger partial charge in [0.25, 0.3) is 0 Å². The van der Waals surface area contributed by atoms with Crippen molar-refractivity contribution in [2.24, 2.45) is 4.99 Å². The lowest BCUT2D eigenvalue weighted by atomic mass is 10.3. The number of hydrogen-bond donors (Lipinski definition) is 0. The number of aliphatic imine (C=N–C) groups is 1. The monoisotopic (exact) mass is 209 g/mol. The maximum Gasteiger partial charge on any atom is 0.185 e. The maximum absolute atomic E-state index is 5.25. The van der Waals surface area contributed by atoms with Crippen molar-refractivity contribution >= 4 is 23.3 Å². The van der Waals surface area contributed by atoms with Crippen molar-refractivity contribution in [3.63, 3.8) is 0 Å². The second-order valence-corrected chi connectivity index (χ2v) is 3.64. The Morgan fingerprint density at radius 1 is 1.36 bits per heavy atom. The summed E-state index contributed by atoms with van der Waals surface area (Å²) in [6, 6.07) is 8.11. The highest BCUT2D eigenvalue weighted by atomic mass is 32.2. The predicted octanol–water partition coefficient (Wildman–Crippen LogP) is 3.49. The zero-order valence-corrected chi connectivity index (χ0v) is 9.60. The van der Waals surface area contributed by atoms with Gasteiger partial charge in [-0.25, -0.2) is 4.99 Å². The number of benzene rings is 1. The number of hydrogen-bond acceptors (Lipinski definition) is 3. The first-order valence-corrected chi connectivity index (χ1v) is 5.81. The third-order valence-corrected chi connectivity index (χ3v) is 2.46. The van der Waals surface area contributed by atoms with E-state index < -0.39 is 0 Å². The summed E-state index contributed by atoms with van der Waals surface area (Å²) in [5.41, 5.74) is 0.939. The van der Waals surface area contributed by atoms with Gasteiger partial charge in [0.2, 0.25) is 0 Å². The van der Waals surface area contributed by atoms with Crippen LogP contribution < -0.4 is 0 Å². The van der Waals surface area contributed by atoms with Crippen LogP contribution in [-0.4, -0.2) is 18.8 Å². The van der Waals surface area contributed by atoms with Gasteiger partial charge >= 0.3 is 0 Å².